The fourth-order valence-corrected chi connectivity index (χ4v) is 8.15. The van der Waals surface area contributed by atoms with Crippen LogP contribution >= 0.6 is 0 Å². The van der Waals surface area contributed by atoms with E-state index in [1.54, 1.807) is 0 Å². The molecule has 0 spiro atoms. The van der Waals surface area contributed by atoms with Gasteiger partial charge in [0.25, 0.3) is 0 Å². The molecular weight excluding hydrogens is 669 g/mol. The summed E-state index contributed by atoms with van der Waals surface area (Å²) >= 11 is 0. The zero-order valence-electron chi connectivity index (χ0n) is 29.8. The predicted molar refractivity (Wildman–Crippen MR) is 228 cm³/mol. The first-order valence-electron chi connectivity index (χ1n) is 18.6. The van der Waals surface area contributed by atoms with Crippen molar-refractivity contribution < 1.29 is 0 Å². The molecule has 4 nitrogen and oxygen atoms in total. The van der Waals surface area contributed by atoms with Crippen molar-refractivity contribution in [1.82, 2.24) is 15.0 Å². The Balaban J connectivity index is 1.16. The Kier molecular flexibility index (Phi) is 7.14. The minimum absolute atomic E-state index is 0.639. The Labute approximate surface area is 318 Å². The van der Waals surface area contributed by atoms with E-state index in [1.807, 2.05) is 0 Å². The lowest BCUT2D eigenvalue weighted by Crippen LogP contribution is -2.15. The second kappa shape index (κ2) is 12.6. The van der Waals surface area contributed by atoms with E-state index in [0.717, 1.165) is 49.9 Å². The van der Waals surface area contributed by atoms with Crippen LogP contribution in [0.25, 0.3) is 88.7 Å². The van der Waals surface area contributed by atoms with Gasteiger partial charge in [0, 0.05) is 33.3 Å². The molecule has 0 saturated heterocycles. The van der Waals surface area contributed by atoms with Gasteiger partial charge in [0.15, 0.2) is 17.5 Å². The standard InChI is InChI=1S/C51H32N4/c1-3-12-33(13-4-1)38-26-28-46-45(32-38)43-21-11-20-42-44(27-29-47(48(42)43)55(46)41-18-5-2-6-19-41)51-53-49(39-24-22-34-14-7-9-16-36(34)30-39)52-50(54-51)40-25-23-35-15-8-10-17-37(35)31-40/h1-32H. The molecule has 2 heterocycles. The number of anilines is 3. The monoisotopic (exact) mass is 700 g/mol. The van der Waals surface area contributed by atoms with Gasteiger partial charge >= 0.3 is 0 Å². The summed E-state index contributed by atoms with van der Waals surface area (Å²) in [6.07, 6.45) is 0. The van der Waals surface area contributed by atoms with Crippen LogP contribution in [0.1, 0.15) is 0 Å². The van der Waals surface area contributed by atoms with Crippen LogP contribution in [-0.4, -0.2) is 15.0 Å². The molecule has 55 heavy (non-hydrogen) atoms. The number of para-hydroxylation sites is 1. The van der Waals surface area contributed by atoms with Gasteiger partial charge in [-0.3, -0.25) is 0 Å². The number of nitrogens with zero attached hydrogens (tertiary/aromatic N) is 4. The summed E-state index contributed by atoms with van der Waals surface area (Å²) in [5.74, 6) is 1.92. The normalized spacial score (nSPS) is 12.0. The van der Waals surface area contributed by atoms with Crippen LogP contribution in [0.2, 0.25) is 0 Å². The fourth-order valence-electron chi connectivity index (χ4n) is 8.15. The second-order valence-corrected chi connectivity index (χ2v) is 14.1. The summed E-state index contributed by atoms with van der Waals surface area (Å²) in [5, 5.41) is 6.90. The predicted octanol–water partition coefficient (Wildman–Crippen LogP) is 13.4. The lowest BCUT2D eigenvalue weighted by atomic mass is 9.87. The van der Waals surface area contributed by atoms with Crippen molar-refractivity contribution in [3.63, 3.8) is 0 Å². The third-order valence-electron chi connectivity index (χ3n) is 10.8. The summed E-state index contributed by atoms with van der Waals surface area (Å²) in [6, 6.07) is 68.8. The highest BCUT2D eigenvalue weighted by molar-refractivity contribution is 6.17. The summed E-state index contributed by atoms with van der Waals surface area (Å²) in [6.45, 7) is 0. The van der Waals surface area contributed by atoms with E-state index >= 15 is 0 Å². The Morgan fingerprint density at radius 1 is 0.309 bits per heavy atom. The minimum Gasteiger partial charge on any atom is -0.309 e. The highest BCUT2D eigenvalue weighted by atomic mass is 15.2. The third-order valence-corrected chi connectivity index (χ3v) is 10.8. The number of hydrogen-bond donors (Lipinski definition) is 0. The maximum Gasteiger partial charge on any atom is 0.164 e. The molecule has 0 unspecified atom stereocenters. The first kappa shape index (κ1) is 31.1. The number of fused-ring (bicyclic) bond motifs is 4. The van der Waals surface area contributed by atoms with E-state index < -0.39 is 0 Å². The molecule has 256 valence electrons. The lowest BCUT2D eigenvalue weighted by molar-refractivity contribution is 1.08. The van der Waals surface area contributed by atoms with Crippen molar-refractivity contribution in [2.75, 3.05) is 4.90 Å². The van der Waals surface area contributed by atoms with Crippen LogP contribution in [0.3, 0.4) is 0 Å². The van der Waals surface area contributed by atoms with Crippen molar-refractivity contribution in [2.24, 2.45) is 0 Å². The van der Waals surface area contributed by atoms with Gasteiger partial charge in [0.1, 0.15) is 0 Å². The van der Waals surface area contributed by atoms with Gasteiger partial charge in [-0.2, -0.15) is 0 Å². The zero-order valence-corrected chi connectivity index (χ0v) is 29.8. The Morgan fingerprint density at radius 3 is 1.55 bits per heavy atom. The first-order valence-corrected chi connectivity index (χ1v) is 18.6. The lowest BCUT2D eigenvalue weighted by Gasteiger charge is -2.34. The minimum atomic E-state index is 0.639. The molecule has 0 radical (unpaired) electrons. The van der Waals surface area contributed by atoms with Crippen LogP contribution in [-0.2, 0) is 0 Å². The molecule has 11 rings (SSSR count). The van der Waals surface area contributed by atoms with E-state index in [1.165, 1.54) is 38.4 Å². The van der Waals surface area contributed by atoms with E-state index in [4.69, 9.17) is 15.0 Å². The van der Waals surface area contributed by atoms with Gasteiger partial charge in [-0.05, 0) is 92.2 Å². The molecule has 1 aromatic heterocycles. The molecule has 0 amide bonds. The molecule has 4 heteroatoms. The zero-order chi connectivity index (χ0) is 36.3. The molecule has 0 fully saturated rings. The van der Waals surface area contributed by atoms with Crippen molar-refractivity contribution in [3.8, 4) is 56.4 Å². The number of aromatic nitrogens is 3. The Morgan fingerprint density at radius 2 is 0.873 bits per heavy atom. The molecule has 0 N–H and O–H groups in total. The summed E-state index contributed by atoms with van der Waals surface area (Å²) in [7, 11) is 0. The average Bonchev–Trinajstić information content (AvgIpc) is 3.26. The first-order chi connectivity index (χ1) is 27.2. The molecule has 0 bridgehead atoms. The SMILES string of the molecule is c1ccc(-c2ccc3c(c2)-c2cccc4c(-c5nc(-c6ccc7ccccc7c6)nc(-c6ccc7ccccc7c6)n5)ccc(c24)N3c2ccccc2)cc1. The van der Waals surface area contributed by atoms with E-state index in [0.29, 0.717) is 17.5 Å². The Hall–Kier alpha value is -7.43. The average molecular weight is 701 g/mol. The number of hydrogen-bond acceptors (Lipinski definition) is 4. The maximum absolute atomic E-state index is 5.26. The van der Waals surface area contributed by atoms with Gasteiger partial charge in [0.2, 0.25) is 0 Å². The molecule has 1 aliphatic rings. The number of rotatable bonds is 5. The van der Waals surface area contributed by atoms with E-state index in [-0.39, 0.29) is 0 Å². The molecule has 10 aromatic rings. The molecule has 0 atom stereocenters. The molecular formula is C51H32N4. The quantitative estimate of drug-likeness (QED) is 0.179. The van der Waals surface area contributed by atoms with Crippen LogP contribution in [0.4, 0.5) is 17.1 Å². The molecule has 0 aliphatic carbocycles. The Bertz CT molecular complexity index is 3000. The van der Waals surface area contributed by atoms with Crippen LogP contribution in [0.5, 0.6) is 0 Å². The van der Waals surface area contributed by atoms with Gasteiger partial charge in [-0.1, -0.05) is 146 Å². The maximum atomic E-state index is 5.26. The molecule has 1 aliphatic heterocycles. The van der Waals surface area contributed by atoms with E-state index in [9.17, 15) is 0 Å². The topological polar surface area (TPSA) is 41.9 Å². The van der Waals surface area contributed by atoms with Gasteiger partial charge in [0.05, 0.1) is 11.4 Å². The van der Waals surface area contributed by atoms with Crippen LogP contribution < -0.4 is 4.90 Å². The van der Waals surface area contributed by atoms with Crippen molar-refractivity contribution in [2.45, 2.75) is 0 Å². The van der Waals surface area contributed by atoms with Crippen molar-refractivity contribution in [1.29, 1.82) is 0 Å². The highest BCUT2D eigenvalue weighted by Gasteiger charge is 2.28. The third kappa shape index (κ3) is 5.26. The van der Waals surface area contributed by atoms with E-state index in [2.05, 4.69) is 199 Å². The van der Waals surface area contributed by atoms with Gasteiger partial charge in [-0.15, -0.1) is 0 Å². The number of benzene rings is 9. The highest BCUT2D eigenvalue weighted by Crippen LogP contribution is 2.53. The molecule has 9 aromatic carbocycles. The summed E-state index contributed by atoms with van der Waals surface area (Å²) in [4.78, 5) is 18.1. The van der Waals surface area contributed by atoms with Gasteiger partial charge in [-0.25, -0.2) is 15.0 Å². The summed E-state index contributed by atoms with van der Waals surface area (Å²) in [5.41, 5.74) is 11.0. The van der Waals surface area contributed by atoms with Crippen LogP contribution in [0.15, 0.2) is 194 Å². The summed E-state index contributed by atoms with van der Waals surface area (Å²) < 4.78 is 0. The smallest absolute Gasteiger partial charge is 0.164 e. The van der Waals surface area contributed by atoms with Crippen molar-refractivity contribution in [3.05, 3.63) is 194 Å². The van der Waals surface area contributed by atoms with Crippen molar-refractivity contribution >= 4 is 49.4 Å². The molecule has 0 saturated carbocycles. The largest absolute Gasteiger partial charge is 0.309 e. The van der Waals surface area contributed by atoms with Gasteiger partial charge < -0.3 is 4.90 Å². The fraction of sp³-hybridized carbons (Fsp3) is 0. The second-order valence-electron chi connectivity index (χ2n) is 14.1. The van der Waals surface area contributed by atoms with Crippen LogP contribution in [0, 0.1) is 0 Å².